The van der Waals surface area contributed by atoms with Crippen LogP contribution in [0.3, 0.4) is 0 Å². The third-order valence-electron chi connectivity index (χ3n) is 5.57. The number of nitrogens with zero attached hydrogens (tertiary/aromatic N) is 1. The van der Waals surface area contributed by atoms with Gasteiger partial charge >= 0.3 is 0 Å². The summed E-state index contributed by atoms with van der Waals surface area (Å²) in [5, 5.41) is 2.99. The number of fused-ring (bicyclic) bond motifs is 1. The van der Waals surface area contributed by atoms with Crippen molar-refractivity contribution >= 4 is 33.4 Å². The number of amides is 1. The van der Waals surface area contributed by atoms with E-state index >= 15 is 0 Å². The van der Waals surface area contributed by atoms with E-state index in [1.807, 2.05) is 19.1 Å². The molecule has 1 aromatic heterocycles. The molecule has 0 saturated carbocycles. The highest BCUT2D eigenvalue weighted by atomic mass is 32.2. The highest BCUT2D eigenvalue weighted by molar-refractivity contribution is 8.00. The number of carbonyl (C=O) groups is 1. The largest absolute Gasteiger partial charge is 0.468 e. The monoisotopic (exact) mass is 449 g/mol. The standard InChI is InChI=1S/C21H27N3O4S2/c1-15-11-21(25)23-19-12-18(4-5-20(19)29-15)30(26,27)22-13-16-6-8-24(9-7-16)14-17-3-2-10-28-17/h2-5,10,12,15-16,22H,6-9,11,13-14H2,1H3,(H,23,25)/t15-/m1/s1. The quantitative estimate of drug-likeness (QED) is 0.703. The summed E-state index contributed by atoms with van der Waals surface area (Å²) in [7, 11) is -3.63. The molecule has 1 aromatic carbocycles. The van der Waals surface area contributed by atoms with Gasteiger partial charge in [0.2, 0.25) is 15.9 Å². The number of hydrogen-bond acceptors (Lipinski definition) is 6. The molecule has 2 aliphatic heterocycles. The zero-order valence-corrected chi connectivity index (χ0v) is 18.6. The van der Waals surface area contributed by atoms with Crippen molar-refractivity contribution < 1.29 is 17.6 Å². The number of nitrogens with one attached hydrogen (secondary N) is 2. The van der Waals surface area contributed by atoms with Crippen LogP contribution in [0, 0.1) is 5.92 Å². The van der Waals surface area contributed by atoms with Crippen molar-refractivity contribution in [2.45, 2.75) is 47.8 Å². The number of carbonyl (C=O) groups excluding carboxylic acids is 1. The molecule has 1 atom stereocenters. The van der Waals surface area contributed by atoms with Gasteiger partial charge in [0.25, 0.3) is 0 Å². The molecule has 162 valence electrons. The second kappa shape index (κ2) is 9.13. The molecule has 0 unspecified atom stereocenters. The molecule has 2 aliphatic rings. The normalized spacial score (nSPS) is 21.1. The average Bonchev–Trinajstić information content (AvgIpc) is 3.16. The Morgan fingerprint density at radius 2 is 2.07 bits per heavy atom. The van der Waals surface area contributed by atoms with Crippen molar-refractivity contribution in [2.24, 2.45) is 5.92 Å². The predicted octanol–water partition coefficient (Wildman–Crippen LogP) is 3.29. The molecule has 1 amide bonds. The third-order valence-corrected chi connectivity index (χ3v) is 8.17. The lowest BCUT2D eigenvalue weighted by Gasteiger charge is -2.31. The second-order valence-corrected chi connectivity index (χ2v) is 11.2. The summed E-state index contributed by atoms with van der Waals surface area (Å²) in [5.41, 5.74) is 0.573. The van der Waals surface area contributed by atoms with E-state index in [1.54, 1.807) is 36.2 Å². The van der Waals surface area contributed by atoms with Crippen LogP contribution >= 0.6 is 11.8 Å². The fourth-order valence-electron chi connectivity index (χ4n) is 3.88. The van der Waals surface area contributed by atoms with E-state index in [2.05, 4.69) is 14.9 Å². The van der Waals surface area contributed by atoms with Gasteiger partial charge in [0.1, 0.15) is 5.76 Å². The van der Waals surface area contributed by atoms with Crippen LogP contribution in [0.5, 0.6) is 0 Å². The third kappa shape index (κ3) is 5.26. The second-order valence-electron chi connectivity index (χ2n) is 7.99. The summed E-state index contributed by atoms with van der Waals surface area (Å²) in [4.78, 5) is 15.4. The summed E-state index contributed by atoms with van der Waals surface area (Å²) >= 11 is 1.58. The molecule has 0 bridgehead atoms. The summed E-state index contributed by atoms with van der Waals surface area (Å²) in [6.45, 7) is 5.06. The summed E-state index contributed by atoms with van der Waals surface area (Å²) in [6.07, 6.45) is 3.98. The van der Waals surface area contributed by atoms with E-state index in [9.17, 15) is 13.2 Å². The highest BCUT2D eigenvalue weighted by Crippen LogP contribution is 2.36. The van der Waals surface area contributed by atoms with Gasteiger partial charge in [0, 0.05) is 23.1 Å². The molecule has 30 heavy (non-hydrogen) atoms. The number of thioether (sulfide) groups is 1. The predicted molar refractivity (Wildman–Crippen MR) is 117 cm³/mol. The summed E-state index contributed by atoms with van der Waals surface area (Å²) in [5.74, 6) is 1.18. The summed E-state index contributed by atoms with van der Waals surface area (Å²) < 4.78 is 33.8. The van der Waals surface area contributed by atoms with Gasteiger partial charge in [-0.05, 0) is 62.2 Å². The number of hydrogen-bond donors (Lipinski definition) is 2. The maximum atomic E-state index is 12.8. The van der Waals surface area contributed by atoms with E-state index in [1.165, 1.54) is 0 Å². The molecule has 1 fully saturated rings. The topological polar surface area (TPSA) is 91.6 Å². The lowest BCUT2D eigenvalue weighted by molar-refractivity contribution is -0.116. The van der Waals surface area contributed by atoms with Crippen molar-refractivity contribution in [1.82, 2.24) is 9.62 Å². The van der Waals surface area contributed by atoms with Crippen LogP contribution in [-0.2, 0) is 21.4 Å². The van der Waals surface area contributed by atoms with E-state index in [-0.39, 0.29) is 16.1 Å². The Bertz CT molecular complexity index is 984. The van der Waals surface area contributed by atoms with Gasteiger partial charge in [-0.1, -0.05) is 6.92 Å². The van der Waals surface area contributed by atoms with Crippen molar-refractivity contribution in [3.63, 3.8) is 0 Å². The number of rotatable bonds is 6. The van der Waals surface area contributed by atoms with Gasteiger partial charge in [-0.3, -0.25) is 9.69 Å². The number of sulfonamides is 1. The SMILES string of the molecule is C[C@@H]1CC(=O)Nc2cc(S(=O)(=O)NCC3CCN(Cc4ccco4)CC3)ccc2S1. The van der Waals surface area contributed by atoms with Gasteiger partial charge in [0.15, 0.2) is 0 Å². The van der Waals surface area contributed by atoms with Crippen molar-refractivity contribution in [2.75, 3.05) is 25.0 Å². The lowest BCUT2D eigenvalue weighted by atomic mass is 9.97. The number of likely N-dealkylation sites (tertiary alicyclic amines) is 1. The van der Waals surface area contributed by atoms with E-state index in [0.717, 1.165) is 43.1 Å². The van der Waals surface area contributed by atoms with E-state index < -0.39 is 10.0 Å². The van der Waals surface area contributed by atoms with Crippen LogP contribution in [0.25, 0.3) is 0 Å². The van der Waals surface area contributed by atoms with E-state index in [4.69, 9.17) is 4.42 Å². The minimum atomic E-state index is -3.63. The van der Waals surface area contributed by atoms with Crippen LogP contribution in [-0.4, -0.2) is 44.1 Å². The molecular formula is C21H27N3O4S2. The molecule has 0 radical (unpaired) electrons. The van der Waals surface area contributed by atoms with Gasteiger partial charge in [-0.2, -0.15) is 0 Å². The average molecular weight is 450 g/mol. The highest BCUT2D eigenvalue weighted by Gasteiger charge is 2.24. The molecular weight excluding hydrogens is 422 g/mol. The van der Waals surface area contributed by atoms with Gasteiger partial charge in [-0.15, -0.1) is 11.8 Å². The molecule has 0 aliphatic carbocycles. The van der Waals surface area contributed by atoms with E-state index in [0.29, 0.717) is 24.6 Å². The van der Waals surface area contributed by atoms with Crippen LogP contribution in [0.15, 0.2) is 50.8 Å². The van der Waals surface area contributed by atoms with Gasteiger partial charge in [0.05, 0.1) is 23.4 Å². The van der Waals surface area contributed by atoms with Crippen molar-refractivity contribution in [1.29, 1.82) is 0 Å². The molecule has 4 rings (SSSR count). The molecule has 2 N–H and O–H groups in total. The first kappa shape index (κ1) is 21.4. The maximum Gasteiger partial charge on any atom is 0.240 e. The zero-order chi connectivity index (χ0) is 21.1. The smallest absolute Gasteiger partial charge is 0.240 e. The Hall–Kier alpha value is -1.81. The zero-order valence-electron chi connectivity index (χ0n) is 17.0. The number of anilines is 1. The number of benzene rings is 1. The van der Waals surface area contributed by atoms with Crippen LogP contribution in [0.1, 0.15) is 31.9 Å². The molecule has 9 heteroatoms. The Balaban J connectivity index is 1.33. The minimum absolute atomic E-state index is 0.0856. The lowest BCUT2D eigenvalue weighted by Crippen LogP contribution is -2.38. The molecule has 7 nitrogen and oxygen atoms in total. The van der Waals surface area contributed by atoms with Crippen LogP contribution < -0.4 is 10.0 Å². The number of piperidine rings is 1. The minimum Gasteiger partial charge on any atom is -0.468 e. The summed E-state index contributed by atoms with van der Waals surface area (Å²) in [6, 6.07) is 8.83. The van der Waals surface area contributed by atoms with Crippen LogP contribution in [0.4, 0.5) is 5.69 Å². The first-order valence-electron chi connectivity index (χ1n) is 10.2. The molecule has 0 spiro atoms. The van der Waals surface area contributed by atoms with Crippen molar-refractivity contribution in [3.8, 4) is 0 Å². The Kier molecular flexibility index (Phi) is 6.52. The molecule has 3 heterocycles. The fourth-order valence-corrected chi connectivity index (χ4v) is 6.07. The van der Waals surface area contributed by atoms with Crippen molar-refractivity contribution in [3.05, 3.63) is 42.4 Å². The first-order valence-corrected chi connectivity index (χ1v) is 12.6. The van der Waals surface area contributed by atoms with Crippen LogP contribution in [0.2, 0.25) is 0 Å². The fraction of sp³-hybridized carbons (Fsp3) is 0.476. The van der Waals surface area contributed by atoms with Gasteiger partial charge in [-0.25, -0.2) is 13.1 Å². The Morgan fingerprint density at radius 1 is 1.27 bits per heavy atom. The first-order chi connectivity index (χ1) is 14.4. The number of furan rings is 1. The molecule has 2 aromatic rings. The Morgan fingerprint density at radius 3 is 2.80 bits per heavy atom. The van der Waals surface area contributed by atoms with Gasteiger partial charge < -0.3 is 9.73 Å². The maximum absolute atomic E-state index is 12.8. The molecule has 1 saturated heterocycles. The Labute approximate surface area is 181 Å².